The molecule has 6 heteroatoms. The summed E-state index contributed by atoms with van der Waals surface area (Å²) in [6.45, 7) is 2.98. The van der Waals surface area contributed by atoms with Crippen molar-refractivity contribution in [3.8, 4) is 0 Å². The highest BCUT2D eigenvalue weighted by Crippen LogP contribution is 2.30. The van der Waals surface area contributed by atoms with Crippen LogP contribution in [0.25, 0.3) is 0 Å². The zero-order chi connectivity index (χ0) is 13.9. The van der Waals surface area contributed by atoms with Crippen molar-refractivity contribution in [3.63, 3.8) is 0 Å². The van der Waals surface area contributed by atoms with Crippen LogP contribution in [0.15, 0.2) is 0 Å². The summed E-state index contributed by atoms with van der Waals surface area (Å²) in [5.74, 6) is -0.543. The fourth-order valence-electron chi connectivity index (χ4n) is 3.02. The maximum atomic E-state index is 12.5. The van der Waals surface area contributed by atoms with Crippen molar-refractivity contribution in [1.82, 2.24) is 4.31 Å². The number of piperidine rings is 1. The second kappa shape index (κ2) is 6.22. The fourth-order valence-corrected chi connectivity index (χ4v) is 5.15. The van der Waals surface area contributed by atoms with Crippen molar-refractivity contribution in [1.29, 1.82) is 0 Å². The van der Waals surface area contributed by atoms with Gasteiger partial charge in [0.05, 0.1) is 17.8 Å². The molecule has 0 N–H and O–H groups in total. The first kappa shape index (κ1) is 14.8. The van der Waals surface area contributed by atoms with Crippen molar-refractivity contribution in [2.24, 2.45) is 5.92 Å². The number of sulfonamides is 1. The molecule has 110 valence electrons. The highest BCUT2D eigenvalue weighted by molar-refractivity contribution is 7.89. The summed E-state index contributed by atoms with van der Waals surface area (Å²) in [5.41, 5.74) is 0. The first-order valence-corrected chi connectivity index (χ1v) is 8.71. The van der Waals surface area contributed by atoms with Gasteiger partial charge in [0.1, 0.15) is 0 Å². The second-order valence-electron chi connectivity index (χ2n) is 5.40. The Kier molecular flexibility index (Phi) is 4.84. The van der Waals surface area contributed by atoms with Crippen molar-refractivity contribution in [2.45, 2.75) is 50.7 Å². The maximum absolute atomic E-state index is 12.5. The van der Waals surface area contributed by atoms with Crippen molar-refractivity contribution >= 4 is 16.0 Å². The van der Waals surface area contributed by atoms with Crippen LogP contribution in [0.1, 0.15) is 45.4 Å². The fraction of sp³-hybridized carbons (Fsp3) is 0.923. The third kappa shape index (κ3) is 3.28. The Balaban J connectivity index is 2.02. The molecule has 1 aliphatic heterocycles. The van der Waals surface area contributed by atoms with Gasteiger partial charge < -0.3 is 4.74 Å². The standard InChI is InChI=1S/C13H23NO4S/c1-2-18-13(15)11-6-5-9-14(10-11)19(16,17)12-7-3-4-8-12/h11-12H,2-10H2,1H3. The lowest BCUT2D eigenvalue weighted by atomic mass is 10.0. The largest absolute Gasteiger partial charge is 0.466 e. The smallest absolute Gasteiger partial charge is 0.310 e. The SMILES string of the molecule is CCOC(=O)C1CCCN(S(=O)(=O)C2CCCC2)C1. The lowest BCUT2D eigenvalue weighted by Gasteiger charge is -2.32. The van der Waals surface area contributed by atoms with Gasteiger partial charge in [-0.2, -0.15) is 0 Å². The first-order chi connectivity index (χ1) is 9.05. The summed E-state index contributed by atoms with van der Waals surface area (Å²) in [4.78, 5) is 11.7. The Morgan fingerprint density at radius 1 is 1.21 bits per heavy atom. The average molecular weight is 289 g/mol. The third-order valence-corrected chi connectivity index (χ3v) is 6.45. The number of nitrogens with zero attached hydrogens (tertiary/aromatic N) is 1. The van der Waals surface area contributed by atoms with Crippen LogP contribution in [0.2, 0.25) is 0 Å². The van der Waals surface area contributed by atoms with Gasteiger partial charge in [0, 0.05) is 13.1 Å². The van der Waals surface area contributed by atoms with Gasteiger partial charge in [0.2, 0.25) is 10.0 Å². The third-order valence-electron chi connectivity index (χ3n) is 4.09. The molecule has 2 aliphatic rings. The van der Waals surface area contributed by atoms with Gasteiger partial charge in [-0.25, -0.2) is 12.7 Å². The zero-order valence-corrected chi connectivity index (χ0v) is 12.3. The van der Waals surface area contributed by atoms with Crippen molar-refractivity contribution in [2.75, 3.05) is 19.7 Å². The number of carbonyl (C=O) groups excluding carboxylic acids is 1. The molecule has 0 radical (unpaired) electrons. The van der Waals surface area contributed by atoms with Crippen molar-refractivity contribution < 1.29 is 17.9 Å². The highest BCUT2D eigenvalue weighted by Gasteiger charge is 2.38. The van der Waals surface area contributed by atoms with E-state index in [0.717, 1.165) is 38.5 Å². The van der Waals surface area contributed by atoms with Crippen LogP contribution in [0, 0.1) is 5.92 Å². The van der Waals surface area contributed by atoms with E-state index in [9.17, 15) is 13.2 Å². The predicted molar refractivity (Wildman–Crippen MR) is 72.1 cm³/mol. The van der Waals surface area contributed by atoms with E-state index in [1.807, 2.05) is 0 Å². The number of hydrogen-bond donors (Lipinski definition) is 0. The molecule has 1 heterocycles. The summed E-state index contributed by atoms with van der Waals surface area (Å²) >= 11 is 0. The van der Waals surface area contributed by atoms with Gasteiger partial charge in [-0.05, 0) is 32.6 Å². The Labute approximate surface area is 115 Å². The van der Waals surface area contributed by atoms with E-state index in [2.05, 4.69) is 0 Å². The van der Waals surface area contributed by atoms with Crippen LogP contribution in [0.4, 0.5) is 0 Å². The van der Waals surface area contributed by atoms with Crippen LogP contribution in [-0.4, -0.2) is 43.6 Å². The molecule has 2 rings (SSSR count). The van der Waals surface area contributed by atoms with Gasteiger partial charge in [0.25, 0.3) is 0 Å². The molecule has 0 bridgehead atoms. The molecule has 5 nitrogen and oxygen atoms in total. The maximum Gasteiger partial charge on any atom is 0.310 e. The van der Waals surface area contributed by atoms with Crippen LogP contribution >= 0.6 is 0 Å². The van der Waals surface area contributed by atoms with Crippen LogP contribution < -0.4 is 0 Å². The molecule has 1 aliphatic carbocycles. The number of esters is 1. The molecule has 1 atom stereocenters. The van der Waals surface area contributed by atoms with Gasteiger partial charge >= 0.3 is 5.97 Å². The molecule has 0 aromatic heterocycles. The molecule has 0 aromatic rings. The van der Waals surface area contributed by atoms with Gasteiger partial charge in [-0.1, -0.05) is 12.8 Å². The monoisotopic (exact) mass is 289 g/mol. The molecule has 0 spiro atoms. The topological polar surface area (TPSA) is 63.7 Å². The molecular formula is C13H23NO4S. The van der Waals surface area contributed by atoms with E-state index in [-0.39, 0.29) is 17.1 Å². The molecule has 1 saturated heterocycles. The number of hydrogen-bond acceptors (Lipinski definition) is 4. The molecular weight excluding hydrogens is 266 g/mol. The van der Waals surface area contributed by atoms with E-state index >= 15 is 0 Å². The summed E-state index contributed by atoms with van der Waals surface area (Å²) < 4.78 is 31.5. The van der Waals surface area contributed by atoms with E-state index in [1.54, 1.807) is 6.92 Å². The van der Waals surface area contributed by atoms with Gasteiger partial charge in [-0.15, -0.1) is 0 Å². The molecule has 2 fully saturated rings. The van der Waals surface area contributed by atoms with Crippen LogP contribution in [-0.2, 0) is 19.6 Å². The molecule has 0 aromatic carbocycles. The molecule has 0 amide bonds. The van der Waals surface area contributed by atoms with Crippen LogP contribution in [0.3, 0.4) is 0 Å². The Morgan fingerprint density at radius 3 is 2.53 bits per heavy atom. The lowest BCUT2D eigenvalue weighted by Crippen LogP contribution is -2.45. The quantitative estimate of drug-likeness (QED) is 0.736. The van der Waals surface area contributed by atoms with Crippen molar-refractivity contribution in [3.05, 3.63) is 0 Å². The normalized spacial score (nSPS) is 26.5. The van der Waals surface area contributed by atoms with E-state index in [1.165, 1.54) is 4.31 Å². The summed E-state index contributed by atoms with van der Waals surface area (Å²) in [5, 5.41) is -0.228. The number of carbonyl (C=O) groups is 1. The molecule has 1 unspecified atom stereocenters. The zero-order valence-electron chi connectivity index (χ0n) is 11.5. The first-order valence-electron chi connectivity index (χ1n) is 7.21. The Bertz CT molecular complexity index is 414. The minimum Gasteiger partial charge on any atom is -0.466 e. The van der Waals surface area contributed by atoms with Gasteiger partial charge in [-0.3, -0.25) is 4.79 Å². The number of rotatable bonds is 4. The summed E-state index contributed by atoms with van der Waals surface area (Å²) in [6.07, 6.45) is 5.01. The van der Waals surface area contributed by atoms with E-state index in [0.29, 0.717) is 19.7 Å². The predicted octanol–water partition coefficient (Wildman–Crippen LogP) is 1.53. The highest BCUT2D eigenvalue weighted by atomic mass is 32.2. The minimum atomic E-state index is -3.22. The van der Waals surface area contributed by atoms with Gasteiger partial charge in [0.15, 0.2) is 0 Å². The Hall–Kier alpha value is -0.620. The van der Waals surface area contributed by atoms with E-state index < -0.39 is 10.0 Å². The lowest BCUT2D eigenvalue weighted by molar-refractivity contribution is -0.149. The molecule has 1 saturated carbocycles. The van der Waals surface area contributed by atoms with E-state index in [4.69, 9.17) is 4.74 Å². The summed E-state index contributed by atoms with van der Waals surface area (Å²) in [7, 11) is -3.22. The average Bonchev–Trinajstić information content (AvgIpc) is 2.94. The second-order valence-corrected chi connectivity index (χ2v) is 7.61. The molecule has 19 heavy (non-hydrogen) atoms. The summed E-state index contributed by atoms with van der Waals surface area (Å²) in [6, 6.07) is 0. The number of ether oxygens (including phenoxy) is 1. The Morgan fingerprint density at radius 2 is 1.89 bits per heavy atom. The minimum absolute atomic E-state index is 0.228. The van der Waals surface area contributed by atoms with Crippen LogP contribution in [0.5, 0.6) is 0 Å².